The number of fused-ring (bicyclic) bond motifs is 3. The standard InChI is InChI=1S/C20H20ClFN4OS/c21-16-11-24-26-6-2-5-17-15(19(16)26)9-18(28-17)20(27)25-14(10-23)8-12-3-1-4-13(22)7-12/h1,3-4,7,9,11,14H,2,5-6,8,10,23H2,(H,25,27)/t14-/m0/s1. The Balaban J connectivity index is 1.54. The summed E-state index contributed by atoms with van der Waals surface area (Å²) in [5.74, 6) is -0.470. The van der Waals surface area contributed by atoms with E-state index in [1.54, 1.807) is 12.3 Å². The number of carbonyl (C=O) groups excluding carboxylic acids is 1. The molecule has 4 rings (SSSR count). The van der Waals surface area contributed by atoms with Gasteiger partial charge in [0.05, 0.1) is 21.8 Å². The third-order valence-electron chi connectivity index (χ3n) is 4.85. The van der Waals surface area contributed by atoms with Crippen LogP contribution in [0.3, 0.4) is 0 Å². The van der Waals surface area contributed by atoms with Crippen LogP contribution in [0, 0.1) is 5.82 Å². The van der Waals surface area contributed by atoms with E-state index >= 15 is 0 Å². The zero-order valence-corrected chi connectivity index (χ0v) is 16.7. The molecular weight excluding hydrogens is 399 g/mol. The maximum Gasteiger partial charge on any atom is 0.261 e. The lowest BCUT2D eigenvalue weighted by Crippen LogP contribution is -2.41. The van der Waals surface area contributed by atoms with Crippen molar-refractivity contribution in [2.45, 2.75) is 31.8 Å². The Kier molecular flexibility index (Phi) is 5.48. The van der Waals surface area contributed by atoms with Gasteiger partial charge < -0.3 is 11.1 Å². The summed E-state index contributed by atoms with van der Waals surface area (Å²) in [7, 11) is 0. The van der Waals surface area contributed by atoms with E-state index in [2.05, 4.69) is 10.4 Å². The maximum absolute atomic E-state index is 13.4. The van der Waals surface area contributed by atoms with Crippen LogP contribution in [0.2, 0.25) is 5.02 Å². The smallest absolute Gasteiger partial charge is 0.261 e. The largest absolute Gasteiger partial charge is 0.347 e. The van der Waals surface area contributed by atoms with Crippen molar-refractivity contribution in [3.8, 4) is 11.3 Å². The number of hydrogen-bond donors (Lipinski definition) is 2. The highest BCUT2D eigenvalue weighted by Gasteiger charge is 2.24. The minimum Gasteiger partial charge on any atom is -0.347 e. The van der Waals surface area contributed by atoms with Crippen molar-refractivity contribution in [2.75, 3.05) is 6.54 Å². The summed E-state index contributed by atoms with van der Waals surface area (Å²) in [6, 6.07) is 7.96. The maximum atomic E-state index is 13.4. The molecule has 28 heavy (non-hydrogen) atoms. The fraction of sp³-hybridized carbons (Fsp3) is 0.300. The summed E-state index contributed by atoms with van der Waals surface area (Å²) in [5, 5.41) is 7.90. The molecule has 8 heteroatoms. The second kappa shape index (κ2) is 8.03. The molecule has 1 aliphatic heterocycles. The second-order valence-electron chi connectivity index (χ2n) is 6.86. The minimum atomic E-state index is -0.296. The Hall–Kier alpha value is -2.22. The number of aryl methyl sites for hydroxylation is 2. The van der Waals surface area contributed by atoms with Crippen LogP contribution in [0.5, 0.6) is 0 Å². The van der Waals surface area contributed by atoms with E-state index in [0.717, 1.165) is 41.1 Å². The number of carbonyl (C=O) groups is 1. The topological polar surface area (TPSA) is 72.9 Å². The van der Waals surface area contributed by atoms with Crippen LogP contribution in [-0.2, 0) is 19.4 Å². The quantitative estimate of drug-likeness (QED) is 0.664. The van der Waals surface area contributed by atoms with Crippen molar-refractivity contribution in [3.63, 3.8) is 0 Å². The monoisotopic (exact) mass is 418 g/mol. The van der Waals surface area contributed by atoms with Crippen LogP contribution in [-0.4, -0.2) is 28.3 Å². The molecule has 0 aliphatic carbocycles. The Morgan fingerprint density at radius 3 is 3.07 bits per heavy atom. The highest BCUT2D eigenvalue weighted by molar-refractivity contribution is 7.14. The molecular formula is C20H20ClFN4OS. The highest BCUT2D eigenvalue weighted by atomic mass is 35.5. The molecule has 0 radical (unpaired) electrons. The Bertz CT molecular complexity index is 1020. The van der Waals surface area contributed by atoms with E-state index in [9.17, 15) is 9.18 Å². The Morgan fingerprint density at radius 1 is 1.43 bits per heavy atom. The molecule has 1 atom stereocenters. The highest BCUT2D eigenvalue weighted by Crippen LogP contribution is 2.38. The van der Waals surface area contributed by atoms with Gasteiger partial charge in [0.15, 0.2) is 0 Å². The molecule has 0 saturated carbocycles. The minimum absolute atomic E-state index is 0.174. The molecule has 0 unspecified atom stereocenters. The first kappa shape index (κ1) is 19.1. The molecule has 5 nitrogen and oxygen atoms in total. The van der Waals surface area contributed by atoms with E-state index in [4.69, 9.17) is 17.3 Å². The molecule has 2 aromatic heterocycles. The zero-order valence-electron chi connectivity index (χ0n) is 15.1. The fourth-order valence-electron chi connectivity index (χ4n) is 3.51. The van der Waals surface area contributed by atoms with E-state index in [0.29, 0.717) is 16.3 Å². The Morgan fingerprint density at radius 2 is 2.29 bits per heavy atom. The van der Waals surface area contributed by atoms with Gasteiger partial charge in [0.25, 0.3) is 5.91 Å². The molecule has 3 heterocycles. The van der Waals surface area contributed by atoms with E-state index in [-0.39, 0.29) is 24.3 Å². The number of nitrogens with zero attached hydrogens (tertiary/aromatic N) is 2. The van der Waals surface area contributed by atoms with Gasteiger partial charge in [-0.1, -0.05) is 23.7 Å². The SMILES string of the molecule is NC[C@H](Cc1cccc(F)c1)NC(=O)c1cc2c(s1)CCCn1ncc(Cl)c1-2. The predicted octanol–water partition coefficient (Wildman–Crippen LogP) is 3.65. The lowest BCUT2D eigenvalue weighted by atomic mass is 10.1. The lowest BCUT2D eigenvalue weighted by molar-refractivity contribution is 0.0942. The van der Waals surface area contributed by atoms with Gasteiger partial charge in [-0.15, -0.1) is 11.3 Å². The Labute approximate surface area is 171 Å². The van der Waals surface area contributed by atoms with Crippen LogP contribution in [0.1, 0.15) is 26.5 Å². The first-order chi connectivity index (χ1) is 13.5. The van der Waals surface area contributed by atoms with Crippen LogP contribution >= 0.6 is 22.9 Å². The van der Waals surface area contributed by atoms with Gasteiger partial charge in [-0.2, -0.15) is 5.10 Å². The molecule has 0 spiro atoms. The van der Waals surface area contributed by atoms with Crippen molar-refractivity contribution in [3.05, 3.63) is 62.7 Å². The molecule has 1 aromatic carbocycles. The van der Waals surface area contributed by atoms with Crippen molar-refractivity contribution in [2.24, 2.45) is 5.73 Å². The van der Waals surface area contributed by atoms with Crippen LogP contribution < -0.4 is 11.1 Å². The third kappa shape index (κ3) is 3.83. The number of nitrogens with two attached hydrogens (primary N) is 1. The molecule has 0 saturated heterocycles. The number of aromatic nitrogens is 2. The van der Waals surface area contributed by atoms with E-state index in [1.807, 2.05) is 16.8 Å². The van der Waals surface area contributed by atoms with Gasteiger partial charge in [0, 0.05) is 29.6 Å². The first-order valence-corrected chi connectivity index (χ1v) is 10.3. The number of rotatable bonds is 5. The molecule has 3 N–H and O–H groups in total. The van der Waals surface area contributed by atoms with Gasteiger partial charge in [-0.05, 0) is 43.0 Å². The summed E-state index contributed by atoms with van der Waals surface area (Å²) >= 11 is 7.81. The van der Waals surface area contributed by atoms with Crippen LogP contribution in [0.4, 0.5) is 4.39 Å². The van der Waals surface area contributed by atoms with Crippen molar-refractivity contribution in [1.29, 1.82) is 0 Å². The second-order valence-corrected chi connectivity index (χ2v) is 8.40. The number of hydrogen-bond acceptors (Lipinski definition) is 4. The third-order valence-corrected chi connectivity index (χ3v) is 6.32. The van der Waals surface area contributed by atoms with Crippen molar-refractivity contribution in [1.82, 2.24) is 15.1 Å². The van der Waals surface area contributed by atoms with E-state index < -0.39 is 0 Å². The summed E-state index contributed by atoms with van der Waals surface area (Å²) in [4.78, 5) is 14.6. The zero-order chi connectivity index (χ0) is 19.7. The summed E-state index contributed by atoms with van der Waals surface area (Å²) in [5.41, 5.74) is 8.49. The van der Waals surface area contributed by atoms with Gasteiger partial charge in [0.2, 0.25) is 0 Å². The van der Waals surface area contributed by atoms with Crippen molar-refractivity contribution >= 4 is 28.8 Å². The van der Waals surface area contributed by atoms with Crippen molar-refractivity contribution < 1.29 is 9.18 Å². The number of thiophene rings is 1. The lowest BCUT2D eigenvalue weighted by Gasteiger charge is -2.16. The average Bonchev–Trinajstić information content (AvgIpc) is 3.20. The predicted molar refractivity (Wildman–Crippen MR) is 109 cm³/mol. The molecule has 3 aromatic rings. The molecule has 0 fully saturated rings. The van der Waals surface area contributed by atoms with Gasteiger partial charge in [-0.3, -0.25) is 9.48 Å². The van der Waals surface area contributed by atoms with E-state index in [1.165, 1.54) is 23.5 Å². The normalized spacial score (nSPS) is 14.1. The number of amides is 1. The molecule has 146 valence electrons. The number of benzene rings is 1. The first-order valence-electron chi connectivity index (χ1n) is 9.15. The average molecular weight is 419 g/mol. The van der Waals surface area contributed by atoms with Crippen LogP contribution in [0.15, 0.2) is 36.5 Å². The summed E-state index contributed by atoms with van der Waals surface area (Å²) < 4.78 is 15.3. The molecule has 1 amide bonds. The van der Waals surface area contributed by atoms with Crippen LogP contribution in [0.25, 0.3) is 11.3 Å². The summed E-state index contributed by atoms with van der Waals surface area (Å²) in [6.07, 6.45) is 3.96. The molecule has 1 aliphatic rings. The molecule has 0 bridgehead atoms. The van der Waals surface area contributed by atoms with Gasteiger partial charge >= 0.3 is 0 Å². The fourth-order valence-corrected chi connectivity index (χ4v) is 4.86. The summed E-state index contributed by atoms with van der Waals surface area (Å²) in [6.45, 7) is 1.08. The van der Waals surface area contributed by atoms with Gasteiger partial charge in [-0.25, -0.2) is 4.39 Å². The number of nitrogens with one attached hydrogen (secondary N) is 1. The van der Waals surface area contributed by atoms with Gasteiger partial charge in [0.1, 0.15) is 5.82 Å². The number of halogens is 2.